The Labute approximate surface area is 133 Å². The fourth-order valence-electron chi connectivity index (χ4n) is 2.12. The summed E-state index contributed by atoms with van der Waals surface area (Å²) in [7, 11) is 3.04. The average molecular weight is 316 g/mol. The second-order valence-corrected chi connectivity index (χ2v) is 4.77. The molecule has 0 aliphatic rings. The monoisotopic (exact) mass is 316 g/mol. The van der Waals surface area contributed by atoms with Crippen LogP contribution >= 0.6 is 0 Å². The zero-order valence-electron chi connectivity index (χ0n) is 13.0. The van der Waals surface area contributed by atoms with Crippen molar-refractivity contribution in [2.75, 3.05) is 19.5 Å². The molecule has 0 aliphatic carbocycles. The number of hydrogen-bond acceptors (Lipinski definition) is 5. The van der Waals surface area contributed by atoms with Crippen LogP contribution in [0.4, 0.5) is 11.4 Å². The first kappa shape index (κ1) is 16.3. The number of nitro groups is 1. The van der Waals surface area contributed by atoms with E-state index in [9.17, 15) is 14.9 Å². The summed E-state index contributed by atoms with van der Waals surface area (Å²) in [6.07, 6.45) is 0. The molecular weight excluding hydrogens is 300 g/mol. The number of nitrogens with zero attached hydrogens (tertiary/aromatic N) is 1. The van der Waals surface area contributed by atoms with E-state index in [4.69, 9.17) is 9.47 Å². The highest BCUT2D eigenvalue weighted by Gasteiger charge is 2.14. The smallest absolute Gasteiger partial charge is 0.270 e. The zero-order valence-corrected chi connectivity index (χ0v) is 13.0. The van der Waals surface area contributed by atoms with Crippen molar-refractivity contribution in [3.8, 4) is 11.5 Å². The van der Waals surface area contributed by atoms with E-state index in [1.807, 2.05) is 6.92 Å². The van der Waals surface area contributed by atoms with Gasteiger partial charge in [0.25, 0.3) is 11.6 Å². The lowest BCUT2D eigenvalue weighted by atomic mass is 10.1. The topological polar surface area (TPSA) is 90.7 Å². The van der Waals surface area contributed by atoms with Crippen LogP contribution in [0.2, 0.25) is 0 Å². The molecule has 0 fully saturated rings. The highest BCUT2D eigenvalue weighted by Crippen LogP contribution is 2.32. The molecule has 120 valence electrons. The minimum Gasteiger partial charge on any atom is -0.496 e. The Balaban J connectivity index is 2.30. The molecule has 0 aromatic heterocycles. The van der Waals surface area contributed by atoms with Gasteiger partial charge in [0.15, 0.2) is 0 Å². The number of amides is 1. The summed E-state index contributed by atoms with van der Waals surface area (Å²) in [6, 6.07) is 8.83. The molecule has 0 saturated carbocycles. The summed E-state index contributed by atoms with van der Waals surface area (Å²) in [5, 5.41) is 13.5. The van der Waals surface area contributed by atoms with Gasteiger partial charge in [-0.1, -0.05) is 6.07 Å². The Hall–Kier alpha value is -3.09. The second-order valence-electron chi connectivity index (χ2n) is 4.77. The number of ether oxygens (including phenoxy) is 2. The van der Waals surface area contributed by atoms with Crippen LogP contribution in [0.1, 0.15) is 15.9 Å². The number of carbonyl (C=O) groups is 1. The number of rotatable bonds is 5. The van der Waals surface area contributed by atoms with Crippen molar-refractivity contribution in [1.29, 1.82) is 0 Å². The van der Waals surface area contributed by atoms with E-state index in [1.54, 1.807) is 12.1 Å². The van der Waals surface area contributed by atoms with E-state index in [1.165, 1.54) is 38.5 Å². The maximum atomic E-state index is 12.3. The van der Waals surface area contributed by atoms with Gasteiger partial charge >= 0.3 is 0 Å². The van der Waals surface area contributed by atoms with E-state index in [-0.39, 0.29) is 11.3 Å². The molecule has 0 unspecified atom stereocenters. The molecule has 2 aromatic carbocycles. The van der Waals surface area contributed by atoms with E-state index < -0.39 is 10.8 Å². The van der Waals surface area contributed by atoms with Crippen molar-refractivity contribution in [3.63, 3.8) is 0 Å². The molecule has 23 heavy (non-hydrogen) atoms. The summed E-state index contributed by atoms with van der Waals surface area (Å²) in [4.78, 5) is 22.5. The molecule has 1 amide bonds. The van der Waals surface area contributed by atoms with E-state index in [0.29, 0.717) is 17.2 Å². The number of hydrogen-bond donors (Lipinski definition) is 1. The first-order valence-electron chi connectivity index (χ1n) is 6.74. The molecule has 0 bridgehead atoms. The van der Waals surface area contributed by atoms with Crippen LogP contribution in [-0.4, -0.2) is 25.1 Å². The summed E-state index contributed by atoms with van der Waals surface area (Å²) >= 11 is 0. The fourth-order valence-corrected chi connectivity index (χ4v) is 2.12. The minimum absolute atomic E-state index is 0.142. The molecule has 0 saturated heterocycles. The number of anilines is 1. The standard InChI is InChI=1S/C16H16N2O5/c1-10-14(22-2)8-12(9-15(10)23-3)17-16(19)11-5-4-6-13(7-11)18(20)21/h4-9H,1-3H3,(H,17,19). The van der Waals surface area contributed by atoms with Gasteiger partial charge in [0, 0.05) is 41.1 Å². The predicted octanol–water partition coefficient (Wildman–Crippen LogP) is 3.17. The first-order chi connectivity index (χ1) is 11.0. The Kier molecular flexibility index (Phi) is 4.80. The number of carbonyl (C=O) groups excluding carboxylic acids is 1. The van der Waals surface area contributed by atoms with Crippen LogP contribution < -0.4 is 14.8 Å². The fraction of sp³-hybridized carbons (Fsp3) is 0.188. The molecule has 0 aliphatic heterocycles. The summed E-state index contributed by atoms with van der Waals surface area (Å²) in [6.45, 7) is 1.84. The summed E-state index contributed by atoms with van der Waals surface area (Å²) in [5.74, 6) is 0.680. The normalized spacial score (nSPS) is 10.0. The zero-order chi connectivity index (χ0) is 17.0. The van der Waals surface area contributed by atoms with Gasteiger partial charge in [0.1, 0.15) is 11.5 Å². The van der Waals surface area contributed by atoms with Gasteiger partial charge in [-0.15, -0.1) is 0 Å². The molecule has 7 nitrogen and oxygen atoms in total. The second kappa shape index (κ2) is 6.78. The number of benzene rings is 2. The molecule has 0 radical (unpaired) electrons. The lowest BCUT2D eigenvalue weighted by molar-refractivity contribution is -0.384. The third kappa shape index (κ3) is 3.57. The Morgan fingerprint density at radius 2 is 1.74 bits per heavy atom. The predicted molar refractivity (Wildman–Crippen MR) is 85.3 cm³/mol. The van der Waals surface area contributed by atoms with Gasteiger partial charge in [0.05, 0.1) is 19.1 Å². The quantitative estimate of drug-likeness (QED) is 0.676. The van der Waals surface area contributed by atoms with E-state index in [0.717, 1.165) is 5.56 Å². The molecular formula is C16H16N2O5. The van der Waals surface area contributed by atoms with Crippen molar-refractivity contribution >= 4 is 17.3 Å². The Bertz CT molecular complexity index is 733. The molecule has 1 N–H and O–H groups in total. The van der Waals surface area contributed by atoms with Crippen LogP contribution in [0, 0.1) is 17.0 Å². The average Bonchev–Trinajstić information content (AvgIpc) is 2.56. The maximum Gasteiger partial charge on any atom is 0.270 e. The first-order valence-corrected chi connectivity index (χ1v) is 6.74. The van der Waals surface area contributed by atoms with Crippen LogP contribution in [0.15, 0.2) is 36.4 Å². The number of nitrogens with one attached hydrogen (secondary N) is 1. The van der Waals surface area contributed by atoms with Crippen molar-refractivity contribution in [1.82, 2.24) is 0 Å². The SMILES string of the molecule is COc1cc(NC(=O)c2cccc([N+](=O)[O-])c2)cc(OC)c1C. The summed E-state index contributed by atoms with van der Waals surface area (Å²) < 4.78 is 10.5. The molecule has 2 rings (SSSR count). The third-order valence-corrected chi connectivity index (χ3v) is 3.33. The van der Waals surface area contributed by atoms with Gasteiger partial charge in [-0.25, -0.2) is 0 Å². The Morgan fingerprint density at radius 3 is 2.26 bits per heavy atom. The van der Waals surface area contributed by atoms with Gasteiger partial charge < -0.3 is 14.8 Å². The minimum atomic E-state index is -0.547. The summed E-state index contributed by atoms with van der Waals surface area (Å²) in [5.41, 5.74) is 1.33. The van der Waals surface area contributed by atoms with Crippen molar-refractivity contribution < 1.29 is 19.2 Å². The van der Waals surface area contributed by atoms with E-state index in [2.05, 4.69) is 5.32 Å². The number of nitro benzene ring substituents is 1. The lowest BCUT2D eigenvalue weighted by Gasteiger charge is -2.13. The molecule has 0 atom stereocenters. The highest BCUT2D eigenvalue weighted by atomic mass is 16.6. The van der Waals surface area contributed by atoms with Crippen LogP contribution in [0.25, 0.3) is 0 Å². The highest BCUT2D eigenvalue weighted by molar-refractivity contribution is 6.04. The van der Waals surface area contributed by atoms with Gasteiger partial charge in [-0.3, -0.25) is 14.9 Å². The largest absolute Gasteiger partial charge is 0.496 e. The molecule has 0 heterocycles. The number of methoxy groups -OCH3 is 2. The van der Waals surface area contributed by atoms with Gasteiger partial charge in [-0.05, 0) is 13.0 Å². The Morgan fingerprint density at radius 1 is 1.13 bits per heavy atom. The van der Waals surface area contributed by atoms with Crippen molar-refractivity contribution in [2.45, 2.75) is 6.92 Å². The van der Waals surface area contributed by atoms with Crippen LogP contribution in [-0.2, 0) is 0 Å². The van der Waals surface area contributed by atoms with Crippen molar-refractivity contribution in [3.05, 3.63) is 57.6 Å². The van der Waals surface area contributed by atoms with Crippen LogP contribution in [0.5, 0.6) is 11.5 Å². The van der Waals surface area contributed by atoms with Crippen LogP contribution in [0.3, 0.4) is 0 Å². The molecule has 7 heteroatoms. The lowest BCUT2D eigenvalue weighted by Crippen LogP contribution is -2.12. The number of non-ortho nitro benzene ring substituents is 1. The van der Waals surface area contributed by atoms with Crippen molar-refractivity contribution in [2.24, 2.45) is 0 Å². The third-order valence-electron chi connectivity index (χ3n) is 3.33. The van der Waals surface area contributed by atoms with Gasteiger partial charge in [-0.2, -0.15) is 0 Å². The molecule has 0 spiro atoms. The van der Waals surface area contributed by atoms with E-state index >= 15 is 0 Å². The maximum absolute atomic E-state index is 12.3. The van der Waals surface area contributed by atoms with Gasteiger partial charge in [0.2, 0.25) is 0 Å². The molecule has 2 aromatic rings.